The van der Waals surface area contributed by atoms with Gasteiger partial charge in [0.05, 0.1) is 7.11 Å². The molecule has 2 aromatic rings. The summed E-state index contributed by atoms with van der Waals surface area (Å²) < 4.78 is 11.2. The molecule has 3 nitrogen and oxygen atoms in total. The van der Waals surface area contributed by atoms with Crippen molar-refractivity contribution in [2.75, 3.05) is 7.11 Å². The molecule has 0 heterocycles. The summed E-state index contributed by atoms with van der Waals surface area (Å²) in [5, 5.41) is 0. The number of carbonyl (C=O) groups is 1. The highest BCUT2D eigenvalue weighted by Gasteiger charge is 2.41. The lowest BCUT2D eigenvalue weighted by Gasteiger charge is -2.43. The monoisotopic (exact) mass is 392 g/mol. The fourth-order valence-corrected chi connectivity index (χ4v) is 4.43. The second-order valence-electron chi connectivity index (χ2n) is 8.69. The maximum absolute atomic E-state index is 12.6. The van der Waals surface area contributed by atoms with Gasteiger partial charge in [0.1, 0.15) is 11.9 Å². The van der Waals surface area contributed by atoms with Gasteiger partial charge in [-0.05, 0) is 53.5 Å². The first-order valence-corrected chi connectivity index (χ1v) is 10.5. The van der Waals surface area contributed by atoms with Crippen molar-refractivity contribution in [1.82, 2.24) is 0 Å². The van der Waals surface area contributed by atoms with Gasteiger partial charge in [0.15, 0.2) is 0 Å². The molecule has 3 atom stereocenters. The van der Waals surface area contributed by atoms with Crippen LogP contribution in [0.3, 0.4) is 0 Å². The highest BCUT2D eigenvalue weighted by molar-refractivity contribution is 5.87. The Bertz CT molecular complexity index is 821. The Kier molecular flexibility index (Phi) is 6.79. The number of hydrogen-bond acceptors (Lipinski definition) is 3. The minimum absolute atomic E-state index is 0.0496. The number of hydrogen-bond donors (Lipinski definition) is 0. The fraction of sp³-hybridized carbons (Fsp3) is 0.423. The van der Waals surface area contributed by atoms with Gasteiger partial charge in [0.25, 0.3) is 0 Å². The van der Waals surface area contributed by atoms with E-state index in [4.69, 9.17) is 9.47 Å². The zero-order valence-electron chi connectivity index (χ0n) is 17.9. The molecule has 0 aromatic heterocycles. The van der Waals surface area contributed by atoms with Gasteiger partial charge in [0, 0.05) is 12.0 Å². The second-order valence-corrected chi connectivity index (χ2v) is 8.69. The summed E-state index contributed by atoms with van der Waals surface area (Å²) in [6.45, 7) is 6.80. The van der Waals surface area contributed by atoms with Crippen LogP contribution in [0, 0.1) is 11.8 Å². The number of esters is 1. The topological polar surface area (TPSA) is 35.5 Å². The third-order valence-electron chi connectivity index (χ3n) is 6.29. The first-order valence-electron chi connectivity index (χ1n) is 10.5. The lowest BCUT2D eigenvalue weighted by atomic mass is 9.64. The zero-order chi connectivity index (χ0) is 20.9. The normalized spacial score (nSPS) is 22.4. The van der Waals surface area contributed by atoms with Crippen molar-refractivity contribution in [3.8, 4) is 5.75 Å². The number of ether oxygens (including phenoxy) is 2. The molecule has 0 spiro atoms. The van der Waals surface area contributed by atoms with Crippen molar-refractivity contribution < 1.29 is 14.3 Å². The Hall–Kier alpha value is -2.55. The van der Waals surface area contributed by atoms with E-state index in [-0.39, 0.29) is 17.5 Å². The summed E-state index contributed by atoms with van der Waals surface area (Å²) in [4.78, 5) is 12.6. The third kappa shape index (κ3) is 5.29. The molecule has 0 unspecified atom stereocenters. The largest absolute Gasteiger partial charge is 0.497 e. The lowest BCUT2D eigenvalue weighted by molar-refractivity contribution is -0.150. The molecule has 1 fully saturated rings. The van der Waals surface area contributed by atoms with Crippen LogP contribution in [0.5, 0.6) is 5.75 Å². The lowest BCUT2D eigenvalue weighted by Crippen LogP contribution is -2.43. The fourth-order valence-electron chi connectivity index (χ4n) is 4.43. The van der Waals surface area contributed by atoms with Gasteiger partial charge in [-0.25, -0.2) is 4.79 Å². The summed E-state index contributed by atoms with van der Waals surface area (Å²) in [6, 6.07) is 18.2. The van der Waals surface area contributed by atoms with Crippen molar-refractivity contribution in [1.29, 1.82) is 0 Å². The molecule has 0 N–H and O–H groups in total. The van der Waals surface area contributed by atoms with Gasteiger partial charge in [-0.1, -0.05) is 69.7 Å². The summed E-state index contributed by atoms with van der Waals surface area (Å²) in [5.74, 6) is 1.40. The Morgan fingerprint density at radius 3 is 2.38 bits per heavy atom. The number of methoxy groups -OCH3 is 1. The average molecular weight is 393 g/mol. The highest BCUT2D eigenvalue weighted by atomic mass is 16.5. The van der Waals surface area contributed by atoms with Gasteiger partial charge < -0.3 is 9.47 Å². The minimum Gasteiger partial charge on any atom is -0.497 e. The molecule has 2 aromatic carbocycles. The SMILES string of the molecule is COc1ccc(/C=C/C(=O)O[C@@H]2C[C@H](C)CC[C@H]2C(C)(C)c2ccccc2)cc1. The molecule has 154 valence electrons. The van der Waals surface area contributed by atoms with Gasteiger partial charge >= 0.3 is 5.97 Å². The molecule has 3 heteroatoms. The van der Waals surface area contributed by atoms with Crippen molar-refractivity contribution in [3.05, 3.63) is 71.8 Å². The molecule has 0 aliphatic heterocycles. The van der Waals surface area contributed by atoms with E-state index in [2.05, 4.69) is 45.0 Å². The van der Waals surface area contributed by atoms with Crippen molar-refractivity contribution >= 4 is 12.0 Å². The van der Waals surface area contributed by atoms with E-state index in [1.807, 2.05) is 30.3 Å². The van der Waals surface area contributed by atoms with Crippen molar-refractivity contribution in [2.24, 2.45) is 11.8 Å². The van der Waals surface area contributed by atoms with Gasteiger partial charge in [0.2, 0.25) is 0 Å². The smallest absolute Gasteiger partial charge is 0.331 e. The molecule has 1 aliphatic rings. The van der Waals surface area contributed by atoms with Gasteiger partial charge in [-0.3, -0.25) is 0 Å². The maximum Gasteiger partial charge on any atom is 0.331 e. The van der Waals surface area contributed by atoms with Crippen molar-refractivity contribution in [3.63, 3.8) is 0 Å². The zero-order valence-corrected chi connectivity index (χ0v) is 17.9. The predicted molar refractivity (Wildman–Crippen MR) is 118 cm³/mol. The molecular formula is C26H32O3. The molecule has 29 heavy (non-hydrogen) atoms. The summed E-state index contributed by atoms with van der Waals surface area (Å²) in [5.41, 5.74) is 2.20. The average Bonchev–Trinajstić information content (AvgIpc) is 2.73. The molecule has 0 saturated heterocycles. The van der Waals surface area contributed by atoms with Crippen LogP contribution < -0.4 is 4.74 Å². The number of rotatable bonds is 6. The van der Waals surface area contributed by atoms with Gasteiger partial charge in [-0.2, -0.15) is 0 Å². The quantitative estimate of drug-likeness (QED) is 0.444. The molecule has 1 saturated carbocycles. The van der Waals surface area contributed by atoms with E-state index < -0.39 is 0 Å². The van der Waals surface area contributed by atoms with E-state index in [1.165, 1.54) is 18.1 Å². The van der Waals surface area contributed by atoms with E-state index in [1.54, 1.807) is 13.2 Å². The van der Waals surface area contributed by atoms with E-state index >= 15 is 0 Å². The molecule has 0 bridgehead atoms. The summed E-state index contributed by atoms with van der Waals surface area (Å²) >= 11 is 0. The highest BCUT2D eigenvalue weighted by Crippen LogP contribution is 2.43. The molecular weight excluding hydrogens is 360 g/mol. The Morgan fingerprint density at radius 2 is 1.72 bits per heavy atom. The molecule has 1 aliphatic carbocycles. The van der Waals surface area contributed by atoms with Crippen LogP contribution in [-0.2, 0) is 14.9 Å². The van der Waals surface area contributed by atoms with Crippen molar-refractivity contribution in [2.45, 2.75) is 51.6 Å². The number of carbonyl (C=O) groups excluding carboxylic acids is 1. The van der Waals surface area contributed by atoms with E-state index in [0.717, 1.165) is 24.2 Å². The van der Waals surface area contributed by atoms with Crippen LogP contribution in [0.2, 0.25) is 0 Å². The van der Waals surface area contributed by atoms with Gasteiger partial charge in [-0.15, -0.1) is 0 Å². The maximum atomic E-state index is 12.6. The minimum atomic E-state index is -0.270. The Balaban J connectivity index is 1.71. The summed E-state index contributed by atoms with van der Waals surface area (Å²) in [7, 11) is 1.64. The van der Waals surface area contributed by atoms with Crippen LogP contribution in [0.25, 0.3) is 6.08 Å². The first-order chi connectivity index (χ1) is 13.9. The molecule has 0 radical (unpaired) electrons. The standard InChI is InChI=1S/C26H32O3/c1-19-10-16-23(26(2,3)21-8-6-5-7-9-21)24(18-19)29-25(27)17-13-20-11-14-22(28-4)15-12-20/h5-9,11-15,17,19,23-24H,10,16,18H2,1-4H3/b17-13+/t19-,23-,24-/m1/s1. The van der Waals surface area contributed by atoms with Crippen LogP contribution in [0.15, 0.2) is 60.7 Å². The predicted octanol–water partition coefficient (Wildman–Crippen LogP) is 6.03. The summed E-state index contributed by atoms with van der Waals surface area (Å²) in [6.07, 6.45) is 6.43. The molecule has 0 amide bonds. The van der Waals surface area contributed by atoms with Crippen LogP contribution in [-0.4, -0.2) is 19.2 Å². The van der Waals surface area contributed by atoms with Crippen LogP contribution in [0.4, 0.5) is 0 Å². The molecule has 3 rings (SSSR count). The van der Waals surface area contributed by atoms with Crippen LogP contribution in [0.1, 0.15) is 51.2 Å². The van der Waals surface area contributed by atoms with E-state index in [9.17, 15) is 4.79 Å². The van der Waals surface area contributed by atoms with Crippen LogP contribution >= 0.6 is 0 Å². The van der Waals surface area contributed by atoms with E-state index in [0.29, 0.717) is 11.8 Å². The first kappa shape index (κ1) is 21.2. The number of benzene rings is 2. The Morgan fingerprint density at radius 1 is 1.03 bits per heavy atom. The second kappa shape index (κ2) is 9.30. The third-order valence-corrected chi connectivity index (χ3v) is 6.29. The Labute approximate surface area is 174 Å².